The van der Waals surface area contributed by atoms with E-state index in [0.29, 0.717) is 29.3 Å². The quantitative estimate of drug-likeness (QED) is 0.418. The minimum absolute atomic E-state index is 0.0757. The van der Waals surface area contributed by atoms with Crippen LogP contribution in [0.15, 0.2) is 48.5 Å². The summed E-state index contributed by atoms with van der Waals surface area (Å²) in [6, 6.07) is 14.7. The zero-order valence-electron chi connectivity index (χ0n) is 19.0. The molecule has 0 saturated carbocycles. The van der Waals surface area contributed by atoms with Crippen molar-refractivity contribution in [1.29, 1.82) is 0 Å². The van der Waals surface area contributed by atoms with Crippen molar-refractivity contribution in [3.05, 3.63) is 69.7 Å². The van der Waals surface area contributed by atoms with Gasteiger partial charge in [-0.3, -0.25) is 4.79 Å². The molecule has 0 spiro atoms. The van der Waals surface area contributed by atoms with Gasteiger partial charge in [-0.05, 0) is 68.0 Å². The van der Waals surface area contributed by atoms with Crippen molar-refractivity contribution in [2.45, 2.75) is 63.7 Å². The van der Waals surface area contributed by atoms with Crippen LogP contribution in [0.5, 0.6) is 0 Å². The summed E-state index contributed by atoms with van der Waals surface area (Å²) in [4.78, 5) is 12.8. The molecule has 4 N–H and O–H groups in total. The summed E-state index contributed by atoms with van der Waals surface area (Å²) in [6.07, 6.45) is -0.0240. The summed E-state index contributed by atoms with van der Waals surface area (Å²) < 4.78 is 0. The molecule has 1 aliphatic heterocycles. The molecular formula is C26H33Cl2NO4. The van der Waals surface area contributed by atoms with Crippen LogP contribution < -0.4 is 5.32 Å². The first-order valence-electron chi connectivity index (χ1n) is 11.4. The number of nitrogens with one attached hydrogen (secondary N) is 1. The van der Waals surface area contributed by atoms with Crippen LogP contribution in [-0.4, -0.2) is 46.1 Å². The Bertz CT molecular complexity index is 936. The van der Waals surface area contributed by atoms with Crippen molar-refractivity contribution in [1.82, 2.24) is 5.32 Å². The normalized spacial score (nSPS) is 24.6. The fraction of sp³-hybridized carbons (Fsp3) is 0.500. The highest BCUT2D eigenvalue weighted by molar-refractivity contribution is 6.30. The summed E-state index contributed by atoms with van der Waals surface area (Å²) in [6.45, 7) is 3.17. The van der Waals surface area contributed by atoms with Crippen molar-refractivity contribution in [2.24, 2.45) is 11.3 Å². The fourth-order valence-corrected chi connectivity index (χ4v) is 5.51. The van der Waals surface area contributed by atoms with Gasteiger partial charge in [0.2, 0.25) is 5.91 Å². The Kier molecular flexibility index (Phi) is 8.82. The molecule has 1 fully saturated rings. The maximum absolute atomic E-state index is 12.8. The van der Waals surface area contributed by atoms with Crippen molar-refractivity contribution in [3.63, 3.8) is 0 Å². The van der Waals surface area contributed by atoms with Crippen molar-refractivity contribution >= 4 is 29.1 Å². The Hall–Kier alpha value is -1.63. The molecule has 0 radical (unpaired) electrons. The lowest BCUT2D eigenvalue weighted by atomic mass is 9.61. The number of aliphatic hydroxyl groups is 3. The molecule has 1 amide bonds. The van der Waals surface area contributed by atoms with Gasteiger partial charge in [0.05, 0.1) is 18.8 Å². The number of aliphatic hydroxyl groups excluding tert-OH is 3. The van der Waals surface area contributed by atoms with Gasteiger partial charge >= 0.3 is 0 Å². The van der Waals surface area contributed by atoms with E-state index in [1.807, 2.05) is 55.5 Å². The Balaban J connectivity index is 2.05. The number of benzene rings is 2. The number of piperidine rings is 1. The molecule has 5 nitrogen and oxygen atoms in total. The molecule has 0 aliphatic carbocycles. The molecule has 180 valence electrons. The zero-order chi connectivity index (χ0) is 24.2. The van der Waals surface area contributed by atoms with E-state index >= 15 is 0 Å². The molecule has 1 saturated heterocycles. The Morgan fingerprint density at radius 3 is 2.42 bits per heavy atom. The minimum Gasteiger partial charge on any atom is -0.394 e. The van der Waals surface area contributed by atoms with Crippen LogP contribution in [0.25, 0.3) is 0 Å². The number of halogens is 2. The highest BCUT2D eigenvalue weighted by Crippen LogP contribution is 2.47. The van der Waals surface area contributed by atoms with Gasteiger partial charge in [0.1, 0.15) is 0 Å². The smallest absolute Gasteiger partial charge is 0.223 e. The zero-order valence-corrected chi connectivity index (χ0v) is 20.6. The fourth-order valence-electron chi connectivity index (χ4n) is 5.19. The average Bonchev–Trinajstić information content (AvgIpc) is 2.79. The second kappa shape index (κ2) is 11.2. The van der Waals surface area contributed by atoms with Crippen LogP contribution >= 0.6 is 23.2 Å². The first-order chi connectivity index (χ1) is 15.7. The Morgan fingerprint density at radius 2 is 1.82 bits per heavy atom. The second-order valence-electron chi connectivity index (χ2n) is 9.36. The number of rotatable bonds is 9. The Morgan fingerprint density at radius 1 is 1.12 bits per heavy atom. The van der Waals surface area contributed by atoms with E-state index in [9.17, 15) is 20.1 Å². The van der Waals surface area contributed by atoms with E-state index in [1.165, 1.54) is 0 Å². The molecule has 0 bridgehead atoms. The molecule has 6 atom stereocenters. The van der Waals surface area contributed by atoms with Gasteiger partial charge in [0.25, 0.3) is 0 Å². The SMILES string of the molecule is CC1CC(c2cccc(Cl)c2)C(C(CCc2ccc(Cl)cc2)(CC(O)CO)C(C)O)NC1=O. The summed E-state index contributed by atoms with van der Waals surface area (Å²) in [7, 11) is 0. The number of amides is 1. The third-order valence-electron chi connectivity index (χ3n) is 7.10. The summed E-state index contributed by atoms with van der Waals surface area (Å²) in [5.41, 5.74) is 1.14. The lowest BCUT2D eigenvalue weighted by Crippen LogP contribution is -2.60. The van der Waals surface area contributed by atoms with Crippen LogP contribution in [0, 0.1) is 11.3 Å². The molecule has 2 aromatic carbocycles. The van der Waals surface area contributed by atoms with Gasteiger partial charge in [-0.1, -0.05) is 54.4 Å². The highest BCUT2D eigenvalue weighted by atomic mass is 35.5. The number of carbonyl (C=O) groups is 1. The summed E-state index contributed by atoms with van der Waals surface area (Å²) in [5.74, 6) is -0.383. The number of hydrogen-bond acceptors (Lipinski definition) is 4. The van der Waals surface area contributed by atoms with Crippen molar-refractivity contribution in [2.75, 3.05) is 6.61 Å². The molecule has 2 aromatic rings. The summed E-state index contributed by atoms with van der Waals surface area (Å²) in [5, 5.41) is 35.8. The standard InChI is InChI=1S/C26H33Cl2NO4/c1-16-12-23(19-4-3-5-21(28)13-19)24(29-25(16)33)26(17(2)31,14-22(32)15-30)11-10-18-6-8-20(27)9-7-18/h3-9,13,16-17,22-24,30-32H,10-12,14-15H2,1-2H3,(H,29,33). The molecular weight excluding hydrogens is 461 g/mol. The maximum Gasteiger partial charge on any atom is 0.223 e. The van der Waals surface area contributed by atoms with E-state index in [0.717, 1.165) is 11.1 Å². The van der Waals surface area contributed by atoms with Gasteiger partial charge in [0.15, 0.2) is 0 Å². The van der Waals surface area contributed by atoms with Crippen molar-refractivity contribution in [3.8, 4) is 0 Å². The van der Waals surface area contributed by atoms with Crippen molar-refractivity contribution < 1.29 is 20.1 Å². The molecule has 33 heavy (non-hydrogen) atoms. The molecule has 1 aliphatic rings. The largest absolute Gasteiger partial charge is 0.394 e. The lowest BCUT2D eigenvalue weighted by Gasteiger charge is -2.50. The van der Waals surface area contributed by atoms with Crippen LogP contribution in [0.3, 0.4) is 0 Å². The molecule has 1 heterocycles. The van der Waals surface area contributed by atoms with Gasteiger partial charge in [-0.25, -0.2) is 0 Å². The second-order valence-corrected chi connectivity index (χ2v) is 10.2. The van der Waals surface area contributed by atoms with Crippen LogP contribution in [-0.2, 0) is 11.2 Å². The first kappa shape index (κ1) is 26.0. The average molecular weight is 494 g/mol. The number of carbonyl (C=O) groups excluding carboxylic acids is 1. The first-order valence-corrected chi connectivity index (χ1v) is 12.2. The molecule has 0 aromatic heterocycles. The van der Waals surface area contributed by atoms with Gasteiger partial charge in [-0.2, -0.15) is 0 Å². The van der Waals surface area contributed by atoms with E-state index < -0.39 is 30.3 Å². The van der Waals surface area contributed by atoms with E-state index in [2.05, 4.69) is 5.32 Å². The van der Waals surface area contributed by atoms with Crippen LogP contribution in [0.1, 0.15) is 50.2 Å². The topological polar surface area (TPSA) is 89.8 Å². The van der Waals surface area contributed by atoms with Gasteiger partial charge in [-0.15, -0.1) is 0 Å². The third kappa shape index (κ3) is 6.09. The predicted octanol–water partition coefficient (Wildman–Crippen LogP) is 4.34. The Labute approximate surface area is 205 Å². The maximum atomic E-state index is 12.8. The number of aryl methyl sites for hydroxylation is 1. The summed E-state index contributed by atoms with van der Waals surface area (Å²) >= 11 is 12.3. The highest BCUT2D eigenvalue weighted by Gasteiger charge is 2.50. The van der Waals surface area contributed by atoms with E-state index in [1.54, 1.807) is 6.92 Å². The van der Waals surface area contributed by atoms with E-state index in [-0.39, 0.29) is 24.2 Å². The molecule has 3 rings (SSSR count). The molecule has 7 heteroatoms. The van der Waals surface area contributed by atoms with E-state index in [4.69, 9.17) is 23.2 Å². The predicted molar refractivity (Wildman–Crippen MR) is 132 cm³/mol. The monoisotopic (exact) mass is 493 g/mol. The minimum atomic E-state index is -1.03. The molecule has 6 unspecified atom stereocenters. The van der Waals surface area contributed by atoms with Gasteiger partial charge < -0.3 is 20.6 Å². The van der Waals surface area contributed by atoms with Gasteiger partial charge in [0, 0.05) is 33.3 Å². The third-order valence-corrected chi connectivity index (χ3v) is 7.59. The van der Waals surface area contributed by atoms with Crippen LogP contribution in [0.2, 0.25) is 10.0 Å². The lowest BCUT2D eigenvalue weighted by molar-refractivity contribution is -0.133. The number of hydrogen-bond donors (Lipinski definition) is 4. The van der Waals surface area contributed by atoms with Crippen LogP contribution in [0.4, 0.5) is 0 Å².